The third-order valence-corrected chi connectivity index (χ3v) is 4.16. The Hall–Kier alpha value is -1.72. The second-order valence-corrected chi connectivity index (χ2v) is 5.78. The summed E-state index contributed by atoms with van der Waals surface area (Å²) in [5.41, 5.74) is 4.32. The molecule has 0 aliphatic heterocycles. The van der Waals surface area contributed by atoms with Crippen molar-refractivity contribution < 1.29 is 0 Å². The normalized spacial score (nSPS) is 12.8. The molecule has 1 unspecified atom stereocenters. The van der Waals surface area contributed by atoms with E-state index < -0.39 is 0 Å². The van der Waals surface area contributed by atoms with Crippen LogP contribution in [0.2, 0.25) is 0 Å². The lowest BCUT2D eigenvalue weighted by Crippen LogP contribution is -2.23. The molecule has 0 aromatic carbocycles. The molecule has 1 N–H and O–H groups in total. The first kappa shape index (κ1) is 13.3. The van der Waals surface area contributed by atoms with Gasteiger partial charge in [-0.2, -0.15) is 5.10 Å². The first-order chi connectivity index (χ1) is 9.88. The lowest BCUT2D eigenvalue weighted by atomic mass is 10.0. The molecule has 3 aromatic rings. The van der Waals surface area contributed by atoms with Crippen LogP contribution in [0.1, 0.15) is 29.8 Å². The van der Waals surface area contributed by atoms with Gasteiger partial charge in [-0.25, -0.2) is 4.52 Å². The van der Waals surface area contributed by atoms with Crippen molar-refractivity contribution in [2.75, 3.05) is 6.54 Å². The van der Waals surface area contributed by atoms with E-state index in [9.17, 15) is 0 Å². The highest BCUT2D eigenvalue weighted by molar-refractivity contribution is 7.09. The molecular formula is C15H18N4S. The zero-order valence-corrected chi connectivity index (χ0v) is 12.3. The average Bonchev–Trinajstić information content (AvgIpc) is 3.12. The van der Waals surface area contributed by atoms with E-state index in [4.69, 9.17) is 0 Å². The number of thiazole rings is 1. The van der Waals surface area contributed by atoms with E-state index in [1.54, 1.807) is 11.3 Å². The summed E-state index contributed by atoms with van der Waals surface area (Å²) in [5.74, 6) is 0. The quantitative estimate of drug-likeness (QED) is 0.757. The van der Waals surface area contributed by atoms with Crippen molar-refractivity contribution >= 4 is 16.9 Å². The van der Waals surface area contributed by atoms with Gasteiger partial charge in [0, 0.05) is 35.3 Å². The van der Waals surface area contributed by atoms with Gasteiger partial charge in [0.15, 0.2) is 0 Å². The fourth-order valence-electron chi connectivity index (χ4n) is 2.38. The highest BCUT2D eigenvalue weighted by atomic mass is 32.1. The first-order valence-corrected chi connectivity index (χ1v) is 7.79. The summed E-state index contributed by atoms with van der Waals surface area (Å²) >= 11 is 1.71. The van der Waals surface area contributed by atoms with Crippen molar-refractivity contribution in [2.45, 2.75) is 25.8 Å². The summed E-state index contributed by atoms with van der Waals surface area (Å²) in [4.78, 5) is 5.47. The van der Waals surface area contributed by atoms with Gasteiger partial charge in [-0.3, -0.25) is 4.98 Å². The van der Waals surface area contributed by atoms with E-state index in [0.717, 1.165) is 19.4 Å². The molecule has 1 atom stereocenters. The van der Waals surface area contributed by atoms with Gasteiger partial charge in [-0.05, 0) is 25.1 Å². The fraction of sp³-hybridized carbons (Fsp3) is 0.333. The van der Waals surface area contributed by atoms with Crippen LogP contribution in [0, 0.1) is 0 Å². The fourth-order valence-corrected chi connectivity index (χ4v) is 3.02. The Balaban J connectivity index is 1.91. The van der Waals surface area contributed by atoms with Crippen LogP contribution in [0.5, 0.6) is 0 Å². The molecule has 0 saturated carbocycles. The van der Waals surface area contributed by atoms with E-state index in [1.165, 1.54) is 16.0 Å². The highest BCUT2D eigenvalue weighted by Gasteiger charge is 2.16. The largest absolute Gasteiger partial charge is 0.310 e. The molecule has 0 amide bonds. The van der Waals surface area contributed by atoms with Crippen LogP contribution in [0.4, 0.5) is 0 Å². The summed E-state index contributed by atoms with van der Waals surface area (Å²) in [6.45, 7) is 3.19. The number of pyridine rings is 1. The molecule has 0 aliphatic carbocycles. The van der Waals surface area contributed by atoms with Crippen LogP contribution in [0.3, 0.4) is 0 Å². The minimum absolute atomic E-state index is 0.287. The molecular weight excluding hydrogens is 268 g/mol. The summed E-state index contributed by atoms with van der Waals surface area (Å²) in [6, 6.07) is 6.47. The van der Waals surface area contributed by atoms with Crippen molar-refractivity contribution in [2.24, 2.45) is 0 Å². The zero-order valence-electron chi connectivity index (χ0n) is 11.5. The Bertz CT molecular complexity index is 659. The second kappa shape index (κ2) is 6.15. The molecule has 0 spiro atoms. The minimum atomic E-state index is 0.287. The Kier molecular flexibility index (Phi) is 4.08. The molecule has 0 radical (unpaired) electrons. The maximum Gasteiger partial charge on any atom is 0.0794 e. The van der Waals surface area contributed by atoms with Gasteiger partial charge in [0.05, 0.1) is 17.2 Å². The second-order valence-electron chi connectivity index (χ2n) is 4.81. The van der Waals surface area contributed by atoms with Crippen LogP contribution >= 0.6 is 11.3 Å². The van der Waals surface area contributed by atoms with Crippen molar-refractivity contribution in [1.29, 1.82) is 0 Å². The maximum absolute atomic E-state index is 4.44. The monoisotopic (exact) mass is 286 g/mol. The van der Waals surface area contributed by atoms with Gasteiger partial charge in [0.25, 0.3) is 0 Å². The zero-order chi connectivity index (χ0) is 13.8. The molecule has 3 heterocycles. The first-order valence-electron chi connectivity index (χ1n) is 6.91. The Morgan fingerprint density at radius 2 is 2.30 bits per heavy atom. The van der Waals surface area contributed by atoms with Crippen LogP contribution < -0.4 is 5.32 Å². The molecule has 20 heavy (non-hydrogen) atoms. The number of nitrogens with zero attached hydrogens (tertiary/aromatic N) is 3. The predicted molar refractivity (Wildman–Crippen MR) is 82.0 cm³/mol. The molecule has 4 nitrogen and oxygen atoms in total. The van der Waals surface area contributed by atoms with E-state index in [1.807, 2.05) is 34.7 Å². The number of hydrogen-bond acceptors (Lipinski definition) is 4. The van der Waals surface area contributed by atoms with Crippen molar-refractivity contribution in [3.05, 3.63) is 52.7 Å². The van der Waals surface area contributed by atoms with Crippen LogP contribution in [-0.2, 0) is 6.42 Å². The Morgan fingerprint density at radius 1 is 1.35 bits per heavy atom. The summed E-state index contributed by atoms with van der Waals surface area (Å²) in [6.07, 6.45) is 8.00. The molecule has 0 bridgehead atoms. The molecule has 0 aliphatic rings. The molecule has 104 valence electrons. The van der Waals surface area contributed by atoms with E-state index in [0.29, 0.717) is 0 Å². The van der Waals surface area contributed by atoms with Gasteiger partial charge < -0.3 is 5.32 Å². The molecule has 5 heteroatoms. The number of rotatable bonds is 6. The van der Waals surface area contributed by atoms with E-state index in [2.05, 4.69) is 34.5 Å². The Morgan fingerprint density at radius 3 is 3.10 bits per heavy atom. The van der Waals surface area contributed by atoms with Crippen molar-refractivity contribution in [3.63, 3.8) is 0 Å². The summed E-state index contributed by atoms with van der Waals surface area (Å²) in [5, 5.41) is 8.07. The SMILES string of the molecule is CCCNC(Cc1cncs1)c1cnn2ccccc12. The summed E-state index contributed by atoms with van der Waals surface area (Å²) < 4.78 is 1.93. The lowest BCUT2D eigenvalue weighted by molar-refractivity contribution is 0.535. The third kappa shape index (κ3) is 2.73. The number of hydrogen-bond donors (Lipinski definition) is 1. The highest BCUT2D eigenvalue weighted by Crippen LogP contribution is 2.24. The lowest BCUT2D eigenvalue weighted by Gasteiger charge is -2.16. The van der Waals surface area contributed by atoms with Crippen LogP contribution in [0.15, 0.2) is 42.3 Å². The third-order valence-electron chi connectivity index (χ3n) is 3.36. The molecule has 0 saturated heterocycles. The van der Waals surface area contributed by atoms with Crippen LogP contribution in [-0.4, -0.2) is 21.1 Å². The average molecular weight is 286 g/mol. The number of fused-ring (bicyclic) bond motifs is 1. The van der Waals surface area contributed by atoms with Gasteiger partial charge >= 0.3 is 0 Å². The summed E-state index contributed by atoms with van der Waals surface area (Å²) in [7, 11) is 0. The standard InChI is InChI=1S/C15H18N4S/c1-2-6-17-14(8-12-9-16-11-20-12)13-10-18-19-7-4-3-5-15(13)19/h3-5,7,9-11,14,17H,2,6,8H2,1H3. The maximum atomic E-state index is 4.44. The van der Waals surface area contributed by atoms with E-state index >= 15 is 0 Å². The topological polar surface area (TPSA) is 42.2 Å². The molecule has 0 fully saturated rings. The van der Waals surface area contributed by atoms with Gasteiger partial charge in [0.2, 0.25) is 0 Å². The minimum Gasteiger partial charge on any atom is -0.310 e. The van der Waals surface area contributed by atoms with Gasteiger partial charge in [-0.15, -0.1) is 11.3 Å². The number of nitrogens with one attached hydrogen (secondary N) is 1. The molecule has 3 rings (SSSR count). The van der Waals surface area contributed by atoms with Crippen molar-refractivity contribution in [1.82, 2.24) is 19.9 Å². The van der Waals surface area contributed by atoms with Gasteiger partial charge in [-0.1, -0.05) is 13.0 Å². The van der Waals surface area contributed by atoms with Crippen molar-refractivity contribution in [3.8, 4) is 0 Å². The smallest absolute Gasteiger partial charge is 0.0794 e. The Labute approximate surface area is 122 Å². The van der Waals surface area contributed by atoms with Crippen LogP contribution in [0.25, 0.3) is 5.52 Å². The van der Waals surface area contributed by atoms with E-state index in [-0.39, 0.29) is 6.04 Å². The molecule has 3 aromatic heterocycles. The number of aromatic nitrogens is 3. The predicted octanol–water partition coefficient (Wildman–Crippen LogP) is 3.07. The van der Waals surface area contributed by atoms with Gasteiger partial charge in [0.1, 0.15) is 0 Å².